The van der Waals surface area contributed by atoms with Crippen molar-refractivity contribution in [3.63, 3.8) is 0 Å². The SMILES string of the molecule is COc1ccc(-c2noc(CN(C)CCc3ccccc3)n2)c(OC)c1OC. The molecule has 7 heteroatoms. The van der Waals surface area contributed by atoms with Crippen LogP contribution in [0, 0.1) is 0 Å². The Morgan fingerprint density at radius 1 is 0.929 bits per heavy atom. The van der Waals surface area contributed by atoms with E-state index in [-0.39, 0.29) is 0 Å². The molecule has 0 saturated heterocycles. The Kier molecular flexibility index (Phi) is 6.49. The molecular weight excluding hydrogens is 358 g/mol. The topological polar surface area (TPSA) is 69.9 Å². The van der Waals surface area contributed by atoms with E-state index >= 15 is 0 Å². The van der Waals surface area contributed by atoms with E-state index in [0.717, 1.165) is 13.0 Å². The van der Waals surface area contributed by atoms with Crippen LogP contribution in [0.25, 0.3) is 11.4 Å². The van der Waals surface area contributed by atoms with Crippen LogP contribution >= 0.6 is 0 Å². The summed E-state index contributed by atoms with van der Waals surface area (Å²) in [6, 6.07) is 14.0. The van der Waals surface area contributed by atoms with Crippen molar-refractivity contribution in [2.75, 3.05) is 34.9 Å². The molecule has 0 spiro atoms. The predicted molar refractivity (Wildman–Crippen MR) is 106 cm³/mol. The largest absolute Gasteiger partial charge is 0.493 e. The van der Waals surface area contributed by atoms with Crippen LogP contribution in [0.2, 0.25) is 0 Å². The second-order valence-electron chi connectivity index (χ2n) is 6.37. The minimum atomic E-state index is 0.448. The van der Waals surface area contributed by atoms with Crippen molar-refractivity contribution in [3.8, 4) is 28.6 Å². The summed E-state index contributed by atoms with van der Waals surface area (Å²) in [5.74, 6) is 2.57. The van der Waals surface area contributed by atoms with Gasteiger partial charge in [-0.1, -0.05) is 35.5 Å². The summed E-state index contributed by atoms with van der Waals surface area (Å²) in [5.41, 5.74) is 1.98. The Morgan fingerprint density at radius 3 is 2.36 bits per heavy atom. The Balaban J connectivity index is 1.71. The van der Waals surface area contributed by atoms with Gasteiger partial charge in [0, 0.05) is 6.54 Å². The van der Waals surface area contributed by atoms with Gasteiger partial charge in [-0.3, -0.25) is 4.90 Å². The lowest BCUT2D eigenvalue weighted by Gasteiger charge is -2.14. The van der Waals surface area contributed by atoms with Gasteiger partial charge in [-0.2, -0.15) is 4.98 Å². The maximum absolute atomic E-state index is 5.51. The van der Waals surface area contributed by atoms with Gasteiger partial charge >= 0.3 is 0 Å². The third-order valence-electron chi connectivity index (χ3n) is 4.44. The zero-order chi connectivity index (χ0) is 19.9. The van der Waals surface area contributed by atoms with Gasteiger partial charge < -0.3 is 18.7 Å². The van der Waals surface area contributed by atoms with E-state index in [1.54, 1.807) is 27.4 Å². The quantitative estimate of drug-likeness (QED) is 0.560. The summed E-state index contributed by atoms with van der Waals surface area (Å²) in [5, 5.41) is 4.11. The summed E-state index contributed by atoms with van der Waals surface area (Å²) in [4.78, 5) is 6.67. The minimum absolute atomic E-state index is 0.448. The Labute approximate surface area is 164 Å². The second kappa shape index (κ2) is 9.23. The first-order valence-corrected chi connectivity index (χ1v) is 9.00. The van der Waals surface area contributed by atoms with Crippen molar-refractivity contribution >= 4 is 0 Å². The van der Waals surface area contributed by atoms with Crippen molar-refractivity contribution in [2.24, 2.45) is 0 Å². The third kappa shape index (κ3) is 4.43. The molecule has 0 atom stereocenters. The van der Waals surface area contributed by atoms with E-state index in [4.69, 9.17) is 18.7 Å². The van der Waals surface area contributed by atoms with Gasteiger partial charge in [-0.25, -0.2) is 0 Å². The molecule has 0 amide bonds. The number of hydrogen-bond donors (Lipinski definition) is 0. The molecule has 1 heterocycles. The molecule has 0 bridgehead atoms. The van der Waals surface area contributed by atoms with Gasteiger partial charge in [-0.15, -0.1) is 0 Å². The molecule has 3 rings (SSSR count). The van der Waals surface area contributed by atoms with Crippen molar-refractivity contribution in [1.82, 2.24) is 15.0 Å². The van der Waals surface area contributed by atoms with E-state index in [0.29, 0.717) is 41.1 Å². The fourth-order valence-electron chi connectivity index (χ4n) is 2.98. The average Bonchev–Trinajstić information content (AvgIpc) is 3.19. The standard InChI is InChI=1S/C21H25N3O4/c1-24(13-12-15-8-6-5-7-9-15)14-18-22-21(23-28-18)16-10-11-17(25-2)20(27-4)19(16)26-3/h5-11H,12-14H2,1-4H3. The molecule has 1 aromatic heterocycles. The third-order valence-corrected chi connectivity index (χ3v) is 4.44. The lowest BCUT2D eigenvalue weighted by Crippen LogP contribution is -2.20. The highest BCUT2D eigenvalue weighted by molar-refractivity contribution is 5.71. The summed E-state index contributed by atoms with van der Waals surface area (Å²) in [6.07, 6.45) is 0.960. The summed E-state index contributed by atoms with van der Waals surface area (Å²) >= 11 is 0. The van der Waals surface area contributed by atoms with Crippen LogP contribution < -0.4 is 14.2 Å². The van der Waals surface area contributed by atoms with Crippen molar-refractivity contribution in [2.45, 2.75) is 13.0 Å². The first-order valence-electron chi connectivity index (χ1n) is 9.00. The number of aromatic nitrogens is 2. The average molecular weight is 383 g/mol. The van der Waals surface area contributed by atoms with Gasteiger partial charge in [0.2, 0.25) is 17.5 Å². The molecule has 0 aliphatic rings. The minimum Gasteiger partial charge on any atom is -0.493 e. The molecule has 2 aromatic carbocycles. The summed E-state index contributed by atoms with van der Waals surface area (Å²) < 4.78 is 21.7. The summed E-state index contributed by atoms with van der Waals surface area (Å²) in [7, 11) is 6.74. The lowest BCUT2D eigenvalue weighted by molar-refractivity contribution is 0.269. The van der Waals surface area contributed by atoms with E-state index in [1.165, 1.54) is 5.56 Å². The van der Waals surface area contributed by atoms with Crippen LogP contribution in [-0.2, 0) is 13.0 Å². The molecule has 3 aromatic rings. The van der Waals surface area contributed by atoms with Crippen LogP contribution in [-0.4, -0.2) is 50.0 Å². The molecule has 0 fully saturated rings. The van der Waals surface area contributed by atoms with E-state index in [2.05, 4.69) is 39.3 Å². The van der Waals surface area contributed by atoms with Gasteiger partial charge in [0.1, 0.15) is 0 Å². The zero-order valence-electron chi connectivity index (χ0n) is 16.6. The van der Waals surface area contributed by atoms with Crippen LogP contribution in [0.15, 0.2) is 47.0 Å². The van der Waals surface area contributed by atoms with E-state index in [1.807, 2.05) is 19.2 Å². The van der Waals surface area contributed by atoms with Crippen molar-refractivity contribution in [3.05, 3.63) is 53.9 Å². The van der Waals surface area contributed by atoms with Gasteiger partial charge in [0.25, 0.3) is 0 Å². The van der Waals surface area contributed by atoms with E-state index < -0.39 is 0 Å². The van der Waals surface area contributed by atoms with Crippen LogP contribution in [0.1, 0.15) is 11.5 Å². The van der Waals surface area contributed by atoms with Gasteiger partial charge in [0.15, 0.2) is 11.5 Å². The first kappa shape index (κ1) is 19.7. The number of rotatable bonds is 9. The molecule has 148 valence electrons. The number of hydrogen-bond acceptors (Lipinski definition) is 7. The number of ether oxygens (including phenoxy) is 3. The van der Waals surface area contributed by atoms with Crippen LogP contribution in [0.3, 0.4) is 0 Å². The highest BCUT2D eigenvalue weighted by Gasteiger charge is 2.21. The molecule has 0 radical (unpaired) electrons. The maximum Gasteiger partial charge on any atom is 0.241 e. The number of methoxy groups -OCH3 is 3. The number of likely N-dealkylation sites (N-methyl/N-ethyl adjacent to an activating group) is 1. The monoisotopic (exact) mass is 383 g/mol. The van der Waals surface area contributed by atoms with Crippen LogP contribution in [0.5, 0.6) is 17.2 Å². The maximum atomic E-state index is 5.51. The van der Waals surface area contributed by atoms with Gasteiger partial charge in [-0.05, 0) is 31.2 Å². The fraction of sp³-hybridized carbons (Fsp3) is 0.333. The van der Waals surface area contributed by atoms with Crippen molar-refractivity contribution < 1.29 is 18.7 Å². The highest BCUT2D eigenvalue weighted by atomic mass is 16.5. The molecule has 28 heavy (non-hydrogen) atoms. The first-order chi connectivity index (χ1) is 13.7. The fourth-order valence-corrected chi connectivity index (χ4v) is 2.98. The normalized spacial score (nSPS) is 10.9. The van der Waals surface area contributed by atoms with Gasteiger partial charge in [0.05, 0.1) is 33.4 Å². The predicted octanol–water partition coefficient (Wildman–Crippen LogP) is 3.44. The summed E-state index contributed by atoms with van der Waals surface area (Å²) in [6.45, 7) is 1.46. The highest BCUT2D eigenvalue weighted by Crippen LogP contribution is 2.43. The van der Waals surface area contributed by atoms with E-state index in [9.17, 15) is 0 Å². The Morgan fingerprint density at radius 2 is 1.68 bits per heavy atom. The number of benzene rings is 2. The molecule has 0 unspecified atom stereocenters. The molecule has 7 nitrogen and oxygen atoms in total. The number of nitrogens with zero attached hydrogens (tertiary/aromatic N) is 3. The molecule has 0 N–H and O–H groups in total. The zero-order valence-corrected chi connectivity index (χ0v) is 16.6. The van der Waals surface area contributed by atoms with Crippen LogP contribution in [0.4, 0.5) is 0 Å². The molecule has 0 saturated carbocycles. The Bertz CT molecular complexity index is 896. The molecular formula is C21H25N3O4. The molecule has 0 aliphatic carbocycles. The molecule has 0 aliphatic heterocycles. The second-order valence-corrected chi connectivity index (χ2v) is 6.37. The smallest absolute Gasteiger partial charge is 0.241 e. The Hall–Kier alpha value is -3.06. The van der Waals surface area contributed by atoms with Crippen molar-refractivity contribution in [1.29, 1.82) is 0 Å². The lowest BCUT2D eigenvalue weighted by atomic mass is 10.1.